The number of hydrogen-bond acceptors (Lipinski definition) is 1. The third kappa shape index (κ3) is 1.21. The fourth-order valence-corrected chi connectivity index (χ4v) is 5.03. The molecular formula is C6HBr5O. The highest BCUT2D eigenvalue weighted by molar-refractivity contribution is 9.17. The molecule has 0 saturated carbocycles. The lowest BCUT2D eigenvalue weighted by molar-refractivity contribution is 0.391. The number of halogens is 5. The Morgan fingerprint density at radius 3 is 2.33 bits per heavy atom. The van der Waals surface area contributed by atoms with E-state index in [1.807, 2.05) is 6.08 Å². The van der Waals surface area contributed by atoms with Gasteiger partial charge in [0.1, 0.15) is 0 Å². The first-order chi connectivity index (χ1) is 5.41. The molecule has 1 nitrogen and oxygen atoms in total. The van der Waals surface area contributed by atoms with Crippen LogP contribution < -0.4 is 0 Å². The van der Waals surface area contributed by atoms with Gasteiger partial charge in [-0.1, -0.05) is 15.9 Å². The van der Waals surface area contributed by atoms with Crippen molar-refractivity contribution in [3.63, 3.8) is 0 Å². The van der Waals surface area contributed by atoms with E-state index in [9.17, 15) is 0 Å². The van der Waals surface area contributed by atoms with Crippen LogP contribution in [0.1, 0.15) is 0 Å². The summed E-state index contributed by atoms with van der Waals surface area (Å²) < 4.78 is 7.54. The molecule has 0 aromatic carbocycles. The number of rotatable bonds is 0. The topological polar surface area (TPSA) is 12.5 Å². The maximum atomic E-state index is 5.50. The highest BCUT2D eigenvalue weighted by Crippen LogP contribution is 2.68. The molecule has 0 aromatic rings. The van der Waals surface area contributed by atoms with Gasteiger partial charge in [0.2, 0.25) is 4.51 Å². The summed E-state index contributed by atoms with van der Waals surface area (Å²) >= 11 is 17.3. The molecule has 12 heavy (non-hydrogen) atoms. The standard InChI is InChI=1S/C6HBr5O/c7-2-1-5(10)6(11,12-5)4(9)3(2)8/h1H. The monoisotopic (exact) mass is 484 g/mol. The summed E-state index contributed by atoms with van der Waals surface area (Å²) in [7, 11) is 0. The number of fused-ring (bicyclic) bond motifs is 1. The Hall–Kier alpha value is 1.84. The van der Waals surface area contributed by atoms with Crippen molar-refractivity contribution in [2.24, 2.45) is 0 Å². The average Bonchev–Trinajstić information content (AvgIpc) is 2.51. The fraction of sp³-hybridized carbons (Fsp3) is 0.333. The zero-order valence-corrected chi connectivity index (χ0v) is 13.3. The van der Waals surface area contributed by atoms with Crippen LogP contribution >= 0.6 is 79.6 Å². The number of ether oxygens (including phenoxy) is 1. The molecule has 2 unspecified atom stereocenters. The highest BCUT2D eigenvalue weighted by atomic mass is 79.9. The molecule has 0 amide bonds. The minimum Gasteiger partial charge on any atom is -0.328 e. The largest absolute Gasteiger partial charge is 0.328 e. The van der Waals surface area contributed by atoms with Gasteiger partial charge < -0.3 is 4.74 Å². The van der Waals surface area contributed by atoms with E-state index in [1.165, 1.54) is 0 Å². The molecule has 0 bridgehead atoms. The molecule has 0 radical (unpaired) electrons. The number of epoxide rings is 1. The van der Waals surface area contributed by atoms with Crippen LogP contribution in [-0.4, -0.2) is 9.02 Å². The molecule has 2 atom stereocenters. The lowest BCUT2D eigenvalue weighted by Crippen LogP contribution is -2.16. The van der Waals surface area contributed by atoms with E-state index in [-0.39, 0.29) is 0 Å². The van der Waals surface area contributed by atoms with Crippen LogP contribution in [0.25, 0.3) is 0 Å². The normalized spacial score (nSPS) is 45.6. The predicted molar refractivity (Wildman–Crippen MR) is 66.3 cm³/mol. The van der Waals surface area contributed by atoms with Gasteiger partial charge in [-0.05, 0) is 69.8 Å². The zero-order chi connectivity index (χ0) is 9.15. The molecule has 1 aliphatic heterocycles. The van der Waals surface area contributed by atoms with Gasteiger partial charge in [-0.3, -0.25) is 0 Å². The lowest BCUT2D eigenvalue weighted by Gasteiger charge is -2.14. The van der Waals surface area contributed by atoms with Crippen LogP contribution in [0.2, 0.25) is 0 Å². The third-order valence-electron chi connectivity index (χ3n) is 1.68. The first-order valence-corrected chi connectivity index (χ1v) is 6.90. The molecule has 1 fully saturated rings. The Balaban J connectivity index is 2.54. The van der Waals surface area contributed by atoms with Crippen LogP contribution in [0.15, 0.2) is 19.5 Å². The average molecular weight is 489 g/mol. The van der Waals surface area contributed by atoms with Crippen LogP contribution in [0.5, 0.6) is 0 Å². The van der Waals surface area contributed by atoms with Gasteiger partial charge in [0, 0.05) is 8.96 Å². The Morgan fingerprint density at radius 1 is 1.17 bits per heavy atom. The van der Waals surface area contributed by atoms with Crippen molar-refractivity contribution in [1.29, 1.82) is 0 Å². The fourth-order valence-electron chi connectivity index (χ4n) is 0.968. The molecular weight excluding hydrogens is 488 g/mol. The van der Waals surface area contributed by atoms with Gasteiger partial charge in [-0.25, -0.2) is 0 Å². The third-order valence-corrected chi connectivity index (χ3v) is 8.31. The smallest absolute Gasteiger partial charge is 0.200 e. The highest BCUT2D eigenvalue weighted by Gasteiger charge is 2.70. The molecule has 0 aromatic heterocycles. The van der Waals surface area contributed by atoms with Crippen molar-refractivity contribution in [3.05, 3.63) is 19.5 Å². The maximum absolute atomic E-state index is 5.50. The zero-order valence-electron chi connectivity index (χ0n) is 5.38. The lowest BCUT2D eigenvalue weighted by atomic mass is 10.2. The summed E-state index contributed by atoms with van der Waals surface area (Å²) in [5, 5.41) is 0. The van der Waals surface area contributed by atoms with Crippen LogP contribution in [-0.2, 0) is 4.74 Å². The molecule has 66 valence electrons. The van der Waals surface area contributed by atoms with E-state index in [0.29, 0.717) is 0 Å². The van der Waals surface area contributed by atoms with E-state index in [2.05, 4.69) is 79.6 Å². The van der Waals surface area contributed by atoms with E-state index >= 15 is 0 Å². The van der Waals surface area contributed by atoms with Crippen molar-refractivity contribution < 1.29 is 4.74 Å². The Morgan fingerprint density at radius 2 is 1.75 bits per heavy atom. The van der Waals surface area contributed by atoms with E-state index in [4.69, 9.17) is 4.74 Å². The van der Waals surface area contributed by atoms with Crippen molar-refractivity contribution in [2.75, 3.05) is 0 Å². The summed E-state index contributed by atoms with van der Waals surface area (Å²) in [5.74, 6) is 0. The minimum atomic E-state index is -0.434. The Bertz CT molecular complexity index is 322. The molecule has 2 aliphatic rings. The second-order valence-corrected chi connectivity index (χ2v) is 7.20. The van der Waals surface area contributed by atoms with E-state index in [1.54, 1.807) is 0 Å². The van der Waals surface area contributed by atoms with Gasteiger partial charge in [0.05, 0.1) is 4.48 Å². The molecule has 0 N–H and O–H groups in total. The second-order valence-electron chi connectivity index (χ2n) is 2.46. The quantitative estimate of drug-likeness (QED) is 0.362. The van der Waals surface area contributed by atoms with Crippen molar-refractivity contribution in [3.8, 4) is 0 Å². The van der Waals surface area contributed by atoms with E-state index < -0.39 is 9.02 Å². The molecule has 1 saturated heterocycles. The van der Waals surface area contributed by atoms with Gasteiger partial charge in [-0.2, -0.15) is 0 Å². The number of hydrogen-bond donors (Lipinski definition) is 0. The van der Waals surface area contributed by atoms with Gasteiger partial charge in [-0.15, -0.1) is 0 Å². The summed E-state index contributed by atoms with van der Waals surface area (Å²) in [4.78, 5) is 0. The van der Waals surface area contributed by atoms with E-state index in [0.717, 1.165) is 13.4 Å². The predicted octanol–water partition coefficient (Wildman–Crippen LogP) is 4.49. The summed E-state index contributed by atoms with van der Waals surface area (Å²) in [6.07, 6.45) is 1.95. The minimum absolute atomic E-state index is 0.408. The molecule has 1 aliphatic carbocycles. The Labute approximate surface area is 112 Å². The molecule has 1 heterocycles. The van der Waals surface area contributed by atoms with Crippen molar-refractivity contribution in [2.45, 2.75) is 9.02 Å². The van der Waals surface area contributed by atoms with Crippen LogP contribution in [0, 0.1) is 0 Å². The van der Waals surface area contributed by atoms with Gasteiger partial charge >= 0.3 is 0 Å². The summed E-state index contributed by atoms with van der Waals surface area (Å²) in [6, 6.07) is 0. The summed E-state index contributed by atoms with van der Waals surface area (Å²) in [6.45, 7) is 0. The number of allylic oxidation sites excluding steroid dienone is 2. The SMILES string of the molecule is BrC1=CC2(Br)OC2(Br)C(Br)=C1Br. The van der Waals surface area contributed by atoms with Gasteiger partial charge in [0.25, 0.3) is 0 Å². The van der Waals surface area contributed by atoms with Gasteiger partial charge in [0.15, 0.2) is 4.51 Å². The number of alkyl halides is 2. The first kappa shape index (κ1) is 10.4. The van der Waals surface area contributed by atoms with Crippen molar-refractivity contribution >= 4 is 79.6 Å². The molecule has 6 heteroatoms. The second kappa shape index (κ2) is 2.92. The maximum Gasteiger partial charge on any atom is 0.200 e. The summed E-state index contributed by atoms with van der Waals surface area (Å²) in [5.41, 5.74) is 0. The Kier molecular flexibility index (Phi) is 2.52. The van der Waals surface area contributed by atoms with Crippen molar-refractivity contribution in [1.82, 2.24) is 0 Å². The molecule has 2 rings (SSSR count). The first-order valence-electron chi connectivity index (χ1n) is 2.93. The van der Waals surface area contributed by atoms with Crippen LogP contribution in [0.3, 0.4) is 0 Å². The van der Waals surface area contributed by atoms with Crippen LogP contribution in [0.4, 0.5) is 0 Å². The molecule has 0 spiro atoms.